The van der Waals surface area contributed by atoms with Crippen molar-refractivity contribution in [3.8, 4) is 5.75 Å². The number of thioether (sulfide) groups is 1. The highest BCUT2D eigenvalue weighted by atomic mass is 32.2. The number of aromatic hydroxyl groups is 1. The van der Waals surface area contributed by atoms with Crippen molar-refractivity contribution in [1.82, 2.24) is 9.88 Å². The van der Waals surface area contributed by atoms with Crippen LogP contribution in [-0.4, -0.2) is 46.0 Å². The largest absolute Gasteiger partial charge is 0.505 e. The molecule has 1 aromatic heterocycles. The van der Waals surface area contributed by atoms with Crippen LogP contribution in [-0.2, 0) is 0 Å². The summed E-state index contributed by atoms with van der Waals surface area (Å²) in [5.41, 5.74) is 0.120. The summed E-state index contributed by atoms with van der Waals surface area (Å²) in [6.07, 6.45) is 4.41. The fourth-order valence-corrected chi connectivity index (χ4v) is 2.43. The standard InChI is InChI=1S/C12H18N2O2S/c1-4-9(8-17-3)14(2)12(16)11-10(15)6-5-7-13-11/h5-7,9,15H,4,8H2,1-3H3. The predicted octanol–water partition coefficient (Wildman–Crippen LogP) is 2.00. The third kappa shape index (κ3) is 3.36. The average Bonchev–Trinajstić information content (AvgIpc) is 2.35. The van der Waals surface area contributed by atoms with Crippen LogP contribution in [0.4, 0.5) is 0 Å². The molecule has 1 heterocycles. The highest BCUT2D eigenvalue weighted by Crippen LogP contribution is 2.17. The Kier molecular flexibility index (Phi) is 5.28. The zero-order valence-corrected chi connectivity index (χ0v) is 11.2. The topological polar surface area (TPSA) is 53.4 Å². The zero-order valence-electron chi connectivity index (χ0n) is 10.4. The van der Waals surface area contributed by atoms with Gasteiger partial charge < -0.3 is 10.0 Å². The average molecular weight is 254 g/mol. The molecule has 1 aromatic rings. The van der Waals surface area contributed by atoms with Gasteiger partial charge in [-0.05, 0) is 24.8 Å². The highest BCUT2D eigenvalue weighted by Gasteiger charge is 2.22. The SMILES string of the molecule is CCC(CSC)N(C)C(=O)c1ncccc1O. The molecule has 0 aliphatic heterocycles. The molecular formula is C12H18N2O2S. The molecule has 0 fully saturated rings. The van der Waals surface area contributed by atoms with E-state index in [9.17, 15) is 9.90 Å². The van der Waals surface area contributed by atoms with Gasteiger partial charge in [-0.3, -0.25) is 4.79 Å². The van der Waals surface area contributed by atoms with Gasteiger partial charge in [-0.1, -0.05) is 6.92 Å². The third-order valence-electron chi connectivity index (χ3n) is 2.69. The van der Waals surface area contributed by atoms with Crippen LogP contribution in [0.25, 0.3) is 0 Å². The van der Waals surface area contributed by atoms with Crippen LogP contribution in [0.5, 0.6) is 5.75 Å². The number of hydrogen-bond acceptors (Lipinski definition) is 4. The Labute approximate surface area is 106 Å². The molecule has 1 N–H and O–H groups in total. The Hall–Kier alpha value is -1.23. The van der Waals surface area contributed by atoms with Crippen LogP contribution in [0.15, 0.2) is 18.3 Å². The van der Waals surface area contributed by atoms with Crippen molar-refractivity contribution in [2.75, 3.05) is 19.1 Å². The molecule has 1 unspecified atom stereocenters. The molecule has 0 spiro atoms. The fraction of sp³-hybridized carbons (Fsp3) is 0.500. The van der Waals surface area contributed by atoms with Gasteiger partial charge in [0.25, 0.3) is 5.91 Å². The molecule has 1 rings (SSSR count). The lowest BCUT2D eigenvalue weighted by Crippen LogP contribution is -2.38. The van der Waals surface area contributed by atoms with Crippen LogP contribution in [0, 0.1) is 0 Å². The van der Waals surface area contributed by atoms with Gasteiger partial charge in [-0.25, -0.2) is 4.98 Å². The molecular weight excluding hydrogens is 236 g/mol. The van der Waals surface area contributed by atoms with E-state index in [0.29, 0.717) is 0 Å². The Morgan fingerprint density at radius 3 is 2.88 bits per heavy atom. The fourth-order valence-electron chi connectivity index (χ4n) is 1.59. The molecule has 1 atom stereocenters. The van der Waals surface area contributed by atoms with E-state index in [1.807, 2.05) is 13.2 Å². The number of hydrogen-bond donors (Lipinski definition) is 1. The Bertz CT molecular complexity index is 385. The Balaban J connectivity index is 2.85. The summed E-state index contributed by atoms with van der Waals surface area (Å²) in [6.45, 7) is 2.04. The summed E-state index contributed by atoms with van der Waals surface area (Å²) < 4.78 is 0. The van der Waals surface area contributed by atoms with Gasteiger partial charge in [-0.2, -0.15) is 11.8 Å². The predicted molar refractivity (Wildman–Crippen MR) is 70.5 cm³/mol. The highest BCUT2D eigenvalue weighted by molar-refractivity contribution is 7.98. The molecule has 0 saturated heterocycles. The minimum atomic E-state index is -0.232. The van der Waals surface area contributed by atoms with Crippen LogP contribution in [0.1, 0.15) is 23.8 Å². The second-order valence-electron chi connectivity index (χ2n) is 3.80. The van der Waals surface area contributed by atoms with Gasteiger partial charge in [0.05, 0.1) is 0 Å². The van der Waals surface area contributed by atoms with E-state index in [-0.39, 0.29) is 23.4 Å². The van der Waals surface area contributed by atoms with Crippen molar-refractivity contribution in [3.05, 3.63) is 24.0 Å². The lowest BCUT2D eigenvalue weighted by atomic mass is 10.2. The molecule has 0 aromatic carbocycles. The molecule has 0 aliphatic rings. The normalized spacial score (nSPS) is 12.2. The minimum absolute atomic E-state index is 0.0663. The van der Waals surface area contributed by atoms with Crippen LogP contribution < -0.4 is 0 Å². The van der Waals surface area contributed by atoms with Crippen molar-refractivity contribution in [1.29, 1.82) is 0 Å². The molecule has 0 aliphatic carbocycles. The first-order chi connectivity index (χ1) is 8.11. The molecule has 0 bridgehead atoms. The maximum absolute atomic E-state index is 12.1. The first-order valence-corrected chi connectivity index (χ1v) is 6.91. The smallest absolute Gasteiger partial charge is 0.276 e. The van der Waals surface area contributed by atoms with Crippen LogP contribution >= 0.6 is 11.8 Å². The van der Waals surface area contributed by atoms with Crippen LogP contribution in [0.2, 0.25) is 0 Å². The van der Waals surface area contributed by atoms with E-state index in [0.717, 1.165) is 12.2 Å². The second kappa shape index (κ2) is 6.49. The van der Waals surface area contributed by atoms with Crippen LogP contribution in [0.3, 0.4) is 0 Å². The summed E-state index contributed by atoms with van der Waals surface area (Å²) in [7, 11) is 1.75. The number of carbonyl (C=O) groups is 1. The van der Waals surface area contributed by atoms with Crippen molar-refractivity contribution in [2.24, 2.45) is 0 Å². The summed E-state index contributed by atoms with van der Waals surface area (Å²) in [4.78, 5) is 17.7. The van der Waals surface area contributed by atoms with E-state index in [2.05, 4.69) is 4.98 Å². The van der Waals surface area contributed by atoms with E-state index >= 15 is 0 Å². The zero-order chi connectivity index (χ0) is 12.8. The lowest BCUT2D eigenvalue weighted by Gasteiger charge is -2.26. The quantitative estimate of drug-likeness (QED) is 0.873. The van der Waals surface area contributed by atoms with E-state index in [1.54, 1.807) is 29.8 Å². The van der Waals surface area contributed by atoms with Crippen molar-refractivity contribution in [3.63, 3.8) is 0 Å². The summed E-state index contributed by atoms with van der Waals surface area (Å²) in [5.74, 6) is 0.583. The summed E-state index contributed by atoms with van der Waals surface area (Å²) in [6, 6.07) is 3.24. The first kappa shape index (κ1) is 13.8. The molecule has 17 heavy (non-hydrogen) atoms. The summed E-state index contributed by atoms with van der Waals surface area (Å²) in [5, 5.41) is 9.60. The summed E-state index contributed by atoms with van der Waals surface area (Å²) >= 11 is 1.70. The number of amides is 1. The van der Waals surface area contributed by atoms with Crippen molar-refractivity contribution < 1.29 is 9.90 Å². The molecule has 5 heteroatoms. The molecule has 94 valence electrons. The first-order valence-electron chi connectivity index (χ1n) is 5.51. The number of rotatable bonds is 5. The Morgan fingerprint density at radius 1 is 1.65 bits per heavy atom. The van der Waals surface area contributed by atoms with Gasteiger partial charge in [-0.15, -0.1) is 0 Å². The molecule has 4 nitrogen and oxygen atoms in total. The number of nitrogens with zero attached hydrogens (tertiary/aromatic N) is 2. The molecule has 0 saturated carbocycles. The molecule has 1 amide bonds. The number of pyridine rings is 1. The van der Waals surface area contributed by atoms with Gasteiger partial charge in [0, 0.05) is 25.0 Å². The maximum Gasteiger partial charge on any atom is 0.276 e. The lowest BCUT2D eigenvalue weighted by molar-refractivity contribution is 0.0734. The third-order valence-corrected chi connectivity index (χ3v) is 3.41. The number of carbonyl (C=O) groups excluding carboxylic acids is 1. The minimum Gasteiger partial charge on any atom is -0.505 e. The van der Waals surface area contributed by atoms with Gasteiger partial charge in [0.2, 0.25) is 0 Å². The maximum atomic E-state index is 12.1. The van der Waals surface area contributed by atoms with E-state index < -0.39 is 0 Å². The van der Waals surface area contributed by atoms with E-state index in [4.69, 9.17) is 0 Å². The Morgan fingerprint density at radius 2 is 2.35 bits per heavy atom. The van der Waals surface area contributed by atoms with Gasteiger partial charge in [0.1, 0.15) is 5.75 Å². The monoisotopic (exact) mass is 254 g/mol. The molecule has 0 radical (unpaired) electrons. The van der Waals surface area contributed by atoms with E-state index in [1.165, 1.54) is 12.3 Å². The van der Waals surface area contributed by atoms with Gasteiger partial charge >= 0.3 is 0 Å². The second-order valence-corrected chi connectivity index (χ2v) is 4.72. The van der Waals surface area contributed by atoms with Gasteiger partial charge in [0.15, 0.2) is 5.69 Å². The van der Waals surface area contributed by atoms with Crippen molar-refractivity contribution >= 4 is 17.7 Å². The number of aromatic nitrogens is 1. The van der Waals surface area contributed by atoms with Crippen molar-refractivity contribution in [2.45, 2.75) is 19.4 Å².